The fraction of sp³-hybridized carbons (Fsp3) is 0.571. The summed E-state index contributed by atoms with van der Waals surface area (Å²) in [5.41, 5.74) is 1.21. The van der Waals surface area contributed by atoms with Crippen LogP contribution in [0.15, 0.2) is 24.3 Å². The Morgan fingerprint density at radius 3 is 2.67 bits per heavy atom. The van der Waals surface area contributed by atoms with Crippen LogP contribution in [0.4, 0.5) is 0 Å². The van der Waals surface area contributed by atoms with E-state index in [9.17, 15) is 0 Å². The van der Waals surface area contributed by atoms with Gasteiger partial charge in [0.25, 0.3) is 0 Å². The molecule has 0 spiro atoms. The molecule has 1 rings (SSSR count). The van der Waals surface area contributed by atoms with Gasteiger partial charge in [-0.25, -0.2) is 0 Å². The van der Waals surface area contributed by atoms with E-state index < -0.39 is 0 Å². The summed E-state index contributed by atoms with van der Waals surface area (Å²) in [6, 6.07) is 8.12. The van der Waals surface area contributed by atoms with E-state index in [-0.39, 0.29) is 12.4 Å². The molecule has 18 heavy (non-hydrogen) atoms. The minimum Gasteiger partial charge on any atom is -0.494 e. The van der Waals surface area contributed by atoms with Crippen molar-refractivity contribution in [3.8, 4) is 5.75 Å². The van der Waals surface area contributed by atoms with Gasteiger partial charge in [0.15, 0.2) is 0 Å². The molecule has 0 radical (unpaired) electrons. The Kier molecular flexibility index (Phi) is 10.8. The monoisotopic (exact) mass is 273 g/mol. The summed E-state index contributed by atoms with van der Waals surface area (Å²) in [5, 5.41) is 12.1. The third kappa shape index (κ3) is 6.84. The van der Waals surface area contributed by atoms with Crippen LogP contribution in [-0.2, 0) is 6.54 Å². The van der Waals surface area contributed by atoms with Gasteiger partial charge in [-0.2, -0.15) is 0 Å². The fourth-order valence-corrected chi connectivity index (χ4v) is 1.71. The molecule has 0 aliphatic heterocycles. The molecule has 0 saturated heterocycles. The quantitative estimate of drug-likeness (QED) is 0.680. The van der Waals surface area contributed by atoms with Crippen molar-refractivity contribution in [2.45, 2.75) is 32.7 Å². The summed E-state index contributed by atoms with van der Waals surface area (Å²) in [4.78, 5) is 0. The molecule has 2 N–H and O–H groups in total. The fourth-order valence-electron chi connectivity index (χ4n) is 1.71. The molecule has 0 amide bonds. The number of aliphatic hydroxyl groups is 1. The molecule has 0 unspecified atom stereocenters. The first-order valence-corrected chi connectivity index (χ1v) is 6.40. The molecule has 1 aromatic rings. The highest BCUT2D eigenvalue weighted by atomic mass is 35.5. The molecule has 0 atom stereocenters. The number of benzene rings is 1. The van der Waals surface area contributed by atoms with Gasteiger partial charge in [-0.3, -0.25) is 0 Å². The molecule has 0 aliphatic carbocycles. The number of para-hydroxylation sites is 1. The zero-order valence-electron chi connectivity index (χ0n) is 11.0. The largest absolute Gasteiger partial charge is 0.494 e. The van der Waals surface area contributed by atoms with Crippen LogP contribution in [0.25, 0.3) is 0 Å². The van der Waals surface area contributed by atoms with Crippen LogP contribution in [0.2, 0.25) is 0 Å². The summed E-state index contributed by atoms with van der Waals surface area (Å²) in [6.45, 7) is 4.83. The van der Waals surface area contributed by atoms with Crippen molar-refractivity contribution in [1.29, 1.82) is 0 Å². The number of hydrogen-bond donors (Lipinski definition) is 2. The first kappa shape index (κ1) is 17.2. The summed E-state index contributed by atoms with van der Waals surface area (Å²) in [6.07, 6.45) is 3.09. The SMILES string of the molecule is CCOc1ccccc1CNCCCCCO.Cl. The van der Waals surface area contributed by atoms with E-state index in [2.05, 4.69) is 11.4 Å². The van der Waals surface area contributed by atoms with Crippen molar-refractivity contribution < 1.29 is 9.84 Å². The number of nitrogens with one attached hydrogen (secondary N) is 1. The molecule has 0 bridgehead atoms. The standard InChI is InChI=1S/C14H23NO2.ClH/c1-2-17-14-9-5-4-8-13(14)12-15-10-6-3-7-11-16;/h4-5,8-9,15-16H,2-3,6-7,10-12H2,1H3;1H. The Hall–Kier alpha value is -0.770. The van der Waals surface area contributed by atoms with Crippen molar-refractivity contribution in [3.05, 3.63) is 29.8 Å². The number of unbranched alkanes of at least 4 members (excludes halogenated alkanes) is 2. The minimum absolute atomic E-state index is 0. The molecule has 0 saturated carbocycles. The maximum atomic E-state index is 8.66. The Morgan fingerprint density at radius 1 is 1.17 bits per heavy atom. The second-order valence-electron chi connectivity index (χ2n) is 4.00. The van der Waals surface area contributed by atoms with Crippen molar-refractivity contribution in [3.63, 3.8) is 0 Å². The smallest absolute Gasteiger partial charge is 0.123 e. The Morgan fingerprint density at radius 2 is 1.94 bits per heavy atom. The molecule has 104 valence electrons. The van der Waals surface area contributed by atoms with Crippen LogP contribution in [0, 0.1) is 0 Å². The van der Waals surface area contributed by atoms with E-state index in [1.807, 2.05) is 25.1 Å². The van der Waals surface area contributed by atoms with E-state index in [0.717, 1.165) is 38.1 Å². The Bertz CT molecular complexity index is 308. The van der Waals surface area contributed by atoms with Gasteiger partial charge in [0, 0.05) is 18.7 Å². The molecule has 0 aromatic heterocycles. The van der Waals surface area contributed by atoms with Crippen LogP contribution >= 0.6 is 12.4 Å². The zero-order valence-corrected chi connectivity index (χ0v) is 11.8. The third-order valence-corrected chi connectivity index (χ3v) is 2.60. The molecule has 0 aliphatic rings. The molecule has 4 heteroatoms. The topological polar surface area (TPSA) is 41.5 Å². The normalized spacial score (nSPS) is 9.89. The molecular weight excluding hydrogens is 250 g/mol. The first-order valence-electron chi connectivity index (χ1n) is 6.40. The molecule has 0 heterocycles. The van der Waals surface area contributed by atoms with E-state index >= 15 is 0 Å². The van der Waals surface area contributed by atoms with Gasteiger partial charge in [-0.05, 0) is 38.8 Å². The predicted molar refractivity (Wildman–Crippen MR) is 77.5 cm³/mol. The van der Waals surface area contributed by atoms with Gasteiger partial charge in [0.1, 0.15) is 5.75 Å². The summed E-state index contributed by atoms with van der Waals surface area (Å²) in [7, 11) is 0. The Labute approximate surface area is 116 Å². The molecule has 1 aromatic carbocycles. The molecule has 0 fully saturated rings. The first-order chi connectivity index (χ1) is 8.38. The van der Waals surface area contributed by atoms with Crippen LogP contribution < -0.4 is 10.1 Å². The molecule has 3 nitrogen and oxygen atoms in total. The van der Waals surface area contributed by atoms with Gasteiger partial charge < -0.3 is 15.2 Å². The van der Waals surface area contributed by atoms with Crippen molar-refractivity contribution >= 4 is 12.4 Å². The minimum atomic E-state index is 0. The van der Waals surface area contributed by atoms with Crippen LogP contribution in [0.1, 0.15) is 31.7 Å². The predicted octanol–water partition coefficient (Wildman–Crippen LogP) is 2.76. The summed E-state index contributed by atoms with van der Waals surface area (Å²) >= 11 is 0. The van der Waals surface area contributed by atoms with E-state index in [0.29, 0.717) is 13.2 Å². The highest BCUT2D eigenvalue weighted by Gasteiger charge is 2.00. The van der Waals surface area contributed by atoms with Crippen LogP contribution in [0.3, 0.4) is 0 Å². The van der Waals surface area contributed by atoms with Gasteiger partial charge in [0.2, 0.25) is 0 Å². The number of halogens is 1. The Balaban J connectivity index is 0.00000289. The highest BCUT2D eigenvalue weighted by molar-refractivity contribution is 5.85. The average Bonchev–Trinajstić information content (AvgIpc) is 2.36. The van der Waals surface area contributed by atoms with Gasteiger partial charge in [-0.1, -0.05) is 18.2 Å². The number of hydrogen-bond acceptors (Lipinski definition) is 3. The number of rotatable bonds is 9. The lowest BCUT2D eigenvalue weighted by atomic mass is 10.2. The van der Waals surface area contributed by atoms with Gasteiger partial charge >= 0.3 is 0 Å². The maximum absolute atomic E-state index is 8.66. The summed E-state index contributed by atoms with van der Waals surface area (Å²) < 4.78 is 5.56. The summed E-state index contributed by atoms with van der Waals surface area (Å²) in [5.74, 6) is 0.970. The highest BCUT2D eigenvalue weighted by Crippen LogP contribution is 2.17. The average molecular weight is 274 g/mol. The second kappa shape index (κ2) is 11.3. The van der Waals surface area contributed by atoms with Crippen LogP contribution in [-0.4, -0.2) is 24.9 Å². The molecular formula is C14H24ClNO2. The van der Waals surface area contributed by atoms with Crippen molar-refractivity contribution in [1.82, 2.24) is 5.32 Å². The zero-order chi connectivity index (χ0) is 12.3. The van der Waals surface area contributed by atoms with Gasteiger partial charge in [-0.15, -0.1) is 12.4 Å². The van der Waals surface area contributed by atoms with E-state index in [1.165, 1.54) is 5.56 Å². The lowest BCUT2D eigenvalue weighted by Crippen LogP contribution is -2.15. The lowest BCUT2D eigenvalue weighted by Gasteiger charge is -2.10. The van der Waals surface area contributed by atoms with Crippen molar-refractivity contribution in [2.75, 3.05) is 19.8 Å². The lowest BCUT2D eigenvalue weighted by molar-refractivity contribution is 0.283. The van der Waals surface area contributed by atoms with E-state index in [1.54, 1.807) is 0 Å². The maximum Gasteiger partial charge on any atom is 0.123 e. The van der Waals surface area contributed by atoms with E-state index in [4.69, 9.17) is 9.84 Å². The van der Waals surface area contributed by atoms with Gasteiger partial charge in [0.05, 0.1) is 6.61 Å². The van der Waals surface area contributed by atoms with Crippen molar-refractivity contribution in [2.24, 2.45) is 0 Å². The second-order valence-corrected chi connectivity index (χ2v) is 4.00. The number of ether oxygens (including phenoxy) is 1. The third-order valence-electron chi connectivity index (χ3n) is 2.60. The number of aliphatic hydroxyl groups excluding tert-OH is 1. The van der Waals surface area contributed by atoms with Crippen LogP contribution in [0.5, 0.6) is 5.75 Å².